The van der Waals surface area contributed by atoms with Gasteiger partial charge in [-0.2, -0.15) is 8.78 Å². The van der Waals surface area contributed by atoms with Crippen molar-refractivity contribution in [1.82, 2.24) is 0 Å². The van der Waals surface area contributed by atoms with E-state index >= 15 is 0 Å². The average molecular weight is 505 g/mol. The van der Waals surface area contributed by atoms with E-state index in [1.165, 1.54) is 54.4 Å². The van der Waals surface area contributed by atoms with Gasteiger partial charge in [0.05, 0.1) is 0 Å². The number of halogens is 2. The summed E-state index contributed by atoms with van der Waals surface area (Å²) in [6.07, 6.45) is 16.4. The Hall–Kier alpha value is -2.25. The van der Waals surface area contributed by atoms with Crippen LogP contribution in [0.3, 0.4) is 0 Å². The Labute approximate surface area is 219 Å². The van der Waals surface area contributed by atoms with Crippen molar-refractivity contribution in [2.24, 2.45) is 17.3 Å². The second-order valence-corrected chi connectivity index (χ2v) is 12.5. The average Bonchev–Trinajstić information content (AvgIpc) is 3.21. The molecule has 0 unspecified atom stereocenters. The summed E-state index contributed by atoms with van der Waals surface area (Å²) in [5.74, 6) is -0.878. The van der Waals surface area contributed by atoms with Crippen LogP contribution in [0.25, 0.3) is 5.57 Å². The van der Waals surface area contributed by atoms with Crippen LogP contribution in [-0.2, 0) is 4.79 Å². The van der Waals surface area contributed by atoms with Gasteiger partial charge in [0.2, 0.25) is 0 Å². The first-order chi connectivity index (χ1) is 17.7. The van der Waals surface area contributed by atoms with Crippen LogP contribution >= 0.6 is 0 Å². The minimum atomic E-state index is -3.53. The van der Waals surface area contributed by atoms with E-state index < -0.39 is 16.9 Å². The van der Waals surface area contributed by atoms with Gasteiger partial charge in [0.15, 0.2) is 5.78 Å². The fourth-order valence-corrected chi connectivity index (χ4v) is 8.98. The molecule has 3 saturated carbocycles. The van der Waals surface area contributed by atoms with Gasteiger partial charge in [0.1, 0.15) is 5.60 Å². The number of Topliss-reactive ketones (excluding diaryl/α,β-unsaturated/α-hetero) is 1. The van der Waals surface area contributed by atoms with Crippen molar-refractivity contribution in [1.29, 1.82) is 0 Å². The molecule has 0 radical (unpaired) electrons. The second kappa shape index (κ2) is 8.91. The molecule has 4 heteroatoms. The molecule has 3 fully saturated rings. The monoisotopic (exact) mass is 504 g/mol. The molecule has 5 aliphatic carbocycles. The molecule has 37 heavy (non-hydrogen) atoms. The van der Waals surface area contributed by atoms with Gasteiger partial charge in [0, 0.05) is 17.4 Å². The summed E-state index contributed by atoms with van der Waals surface area (Å²) in [5.41, 5.74) is 4.12. The number of aliphatic hydroxyl groups is 1. The molecule has 1 N–H and O–H groups in total. The van der Waals surface area contributed by atoms with E-state index in [0.29, 0.717) is 31.6 Å². The Bertz CT molecular complexity index is 1210. The third-order valence-electron chi connectivity index (χ3n) is 11.0. The number of hydrogen-bond donors (Lipinski definition) is 1. The van der Waals surface area contributed by atoms with Gasteiger partial charge in [0.25, 0.3) is 0 Å². The summed E-state index contributed by atoms with van der Waals surface area (Å²) in [7, 11) is 0. The van der Waals surface area contributed by atoms with Crippen LogP contribution in [0.2, 0.25) is 0 Å². The number of terminal acetylenes is 1. The van der Waals surface area contributed by atoms with Gasteiger partial charge < -0.3 is 5.11 Å². The normalized spacial score (nSPS) is 34.6. The van der Waals surface area contributed by atoms with E-state index in [1.54, 1.807) is 5.92 Å². The minimum Gasteiger partial charge on any atom is -0.382 e. The molecule has 6 rings (SSSR count). The maximum absolute atomic E-state index is 14.8. The highest BCUT2D eigenvalue weighted by molar-refractivity contribution is 6.23. The first kappa shape index (κ1) is 25.1. The van der Waals surface area contributed by atoms with E-state index in [-0.39, 0.29) is 24.0 Å². The third-order valence-corrected chi connectivity index (χ3v) is 11.0. The molecule has 1 aromatic rings. The number of hydrogen-bond acceptors (Lipinski definition) is 2. The van der Waals surface area contributed by atoms with Crippen molar-refractivity contribution < 1.29 is 18.7 Å². The summed E-state index contributed by atoms with van der Waals surface area (Å²) in [6, 6.07) is 8.77. The summed E-state index contributed by atoms with van der Waals surface area (Å²) >= 11 is 0. The lowest BCUT2D eigenvalue weighted by molar-refractivity contribution is -0.207. The highest BCUT2D eigenvalue weighted by Crippen LogP contribution is 2.66. The molecular formula is C33H38F2O2. The Balaban J connectivity index is 1.34. The molecule has 0 amide bonds. The Morgan fingerprint density at radius 1 is 0.946 bits per heavy atom. The number of carbonyl (C=O) groups excluding carboxylic acids is 1. The van der Waals surface area contributed by atoms with Crippen molar-refractivity contribution in [2.45, 2.75) is 108 Å². The van der Waals surface area contributed by atoms with E-state index in [0.717, 1.165) is 30.4 Å². The smallest absolute Gasteiger partial charge is 0.336 e. The van der Waals surface area contributed by atoms with Gasteiger partial charge in [-0.15, -0.1) is 6.42 Å². The molecule has 0 aromatic heterocycles. The Morgan fingerprint density at radius 2 is 1.68 bits per heavy atom. The second-order valence-electron chi connectivity index (χ2n) is 12.5. The van der Waals surface area contributed by atoms with Crippen LogP contribution in [0, 0.1) is 29.6 Å². The van der Waals surface area contributed by atoms with Crippen LogP contribution in [-0.4, -0.2) is 22.4 Å². The number of allylic oxidation sites excluding steroid dienone is 4. The summed E-state index contributed by atoms with van der Waals surface area (Å²) < 4.78 is 29.7. The quantitative estimate of drug-likeness (QED) is 0.427. The first-order valence-electron chi connectivity index (χ1n) is 14.4. The van der Waals surface area contributed by atoms with Gasteiger partial charge >= 0.3 is 5.92 Å². The largest absolute Gasteiger partial charge is 0.382 e. The molecule has 0 aliphatic heterocycles. The number of carbonyl (C=O) groups is 1. The number of alkyl halides is 2. The zero-order valence-electron chi connectivity index (χ0n) is 21.9. The SMILES string of the molecule is C#CC(F)(F)[C@]1(O)CC[C@H]2[C@@H]3CCC4=C(c5ccc(C6CCCCC6)cc5)C(=O)CCC4=C3CC[C@@]21C. The molecule has 0 saturated heterocycles. The predicted octanol–water partition coefficient (Wildman–Crippen LogP) is 7.77. The van der Waals surface area contributed by atoms with Crippen molar-refractivity contribution in [3.63, 3.8) is 0 Å². The zero-order chi connectivity index (χ0) is 26.0. The lowest BCUT2D eigenvalue weighted by atomic mass is 9.54. The van der Waals surface area contributed by atoms with Crippen molar-refractivity contribution in [2.75, 3.05) is 0 Å². The lowest BCUT2D eigenvalue weighted by Gasteiger charge is -2.52. The number of rotatable bonds is 3. The zero-order valence-corrected chi connectivity index (χ0v) is 21.9. The third kappa shape index (κ3) is 3.63. The number of ketones is 1. The minimum absolute atomic E-state index is 0.00891. The van der Waals surface area contributed by atoms with Crippen molar-refractivity contribution in [3.05, 3.63) is 52.1 Å². The van der Waals surface area contributed by atoms with Gasteiger partial charge in [-0.1, -0.05) is 56.0 Å². The molecule has 0 spiro atoms. The maximum atomic E-state index is 14.8. The Morgan fingerprint density at radius 3 is 2.38 bits per heavy atom. The molecule has 4 atom stereocenters. The van der Waals surface area contributed by atoms with Gasteiger partial charge in [-0.05, 0) is 104 Å². The predicted molar refractivity (Wildman–Crippen MR) is 142 cm³/mol. The fraction of sp³-hybridized carbons (Fsp3) is 0.606. The van der Waals surface area contributed by atoms with E-state index in [4.69, 9.17) is 6.42 Å². The van der Waals surface area contributed by atoms with E-state index in [2.05, 4.69) is 24.3 Å². The molecule has 0 heterocycles. The van der Waals surface area contributed by atoms with E-state index in [1.807, 2.05) is 6.92 Å². The standard InChI is InChI=1S/C33H38F2O2/c1-3-33(34,35)32(37)20-18-28-26-13-14-27-24(25(26)17-19-31(28,32)2)15-16-29(36)30(27)23-11-9-22(10-12-23)21-7-5-4-6-8-21/h1,9-12,21,26,28,37H,4-8,13-20H2,2H3/t26-,28+,31+,32+/m1/s1. The molecule has 5 aliphatic rings. The fourth-order valence-electron chi connectivity index (χ4n) is 8.98. The van der Waals surface area contributed by atoms with Crippen LogP contribution < -0.4 is 0 Å². The first-order valence-corrected chi connectivity index (χ1v) is 14.4. The molecule has 2 nitrogen and oxygen atoms in total. The van der Waals surface area contributed by atoms with Crippen LogP contribution in [0.1, 0.15) is 107 Å². The number of benzene rings is 1. The van der Waals surface area contributed by atoms with Crippen molar-refractivity contribution in [3.8, 4) is 12.3 Å². The molecule has 196 valence electrons. The molecular weight excluding hydrogens is 466 g/mol. The van der Waals surface area contributed by atoms with Gasteiger partial charge in [-0.3, -0.25) is 4.79 Å². The maximum Gasteiger partial charge on any atom is 0.336 e. The summed E-state index contributed by atoms with van der Waals surface area (Å²) in [6.45, 7) is 1.84. The lowest BCUT2D eigenvalue weighted by Crippen LogP contribution is -2.59. The summed E-state index contributed by atoms with van der Waals surface area (Å²) in [4.78, 5) is 13.2. The summed E-state index contributed by atoms with van der Waals surface area (Å²) in [5, 5.41) is 11.3. The highest BCUT2D eigenvalue weighted by Gasteiger charge is 2.69. The van der Waals surface area contributed by atoms with Crippen LogP contribution in [0.5, 0.6) is 0 Å². The van der Waals surface area contributed by atoms with Gasteiger partial charge in [-0.25, -0.2) is 0 Å². The highest BCUT2D eigenvalue weighted by atomic mass is 19.3. The van der Waals surface area contributed by atoms with Crippen LogP contribution in [0.4, 0.5) is 8.78 Å². The van der Waals surface area contributed by atoms with E-state index in [9.17, 15) is 18.7 Å². The molecule has 0 bridgehead atoms. The van der Waals surface area contributed by atoms with Crippen LogP contribution in [0.15, 0.2) is 41.0 Å². The molecule has 1 aromatic carbocycles. The van der Waals surface area contributed by atoms with Crippen molar-refractivity contribution >= 4 is 11.4 Å². The Kier molecular flexibility index (Phi) is 6.03. The topological polar surface area (TPSA) is 37.3 Å². The number of fused-ring (bicyclic) bond motifs is 4.